The van der Waals surface area contributed by atoms with Crippen molar-refractivity contribution in [2.75, 3.05) is 62.7 Å². The van der Waals surface area contributed by atoms with Crippen LogP contribution in [0.15, 0.2) is 95.5 Å². The molecule has 17 heteroatoms. The standard InChI is InChI=1S/C47H50ClFN6O8S/c1-30-28-61-29-37(62-30)26-51-45-41(49)23-38(24-43(45)55(57)58)64(59,60)52-46(56)39-9-7-35(22-44(39)63-36-8-10-42-32(21-36)12-16-50-42)54-19-17-53(18-20-54)27-33-11-15-47(13-2-14-47)25-40(33)31-3-5-34(48)6-4-31/h3-10,12,16,21-24,30,37,50-51H,2,11,13-15,17-20,25-29H2,1H3,(H,52,56)/t30?,37-/m0/s1. The van der Waals surface area contributed by atoms with E-state index < -0.39 is 49.0 Å². The van der Waals surface area contributed by atoms with Crippen LogP contribution in [-0.4, -0.2) is 93.8 Å². The van der Waals surface area contributed by atoms with Gasteiger partial charge in [0.1, 0.15) is 17.2 Å². The molecule has 1 aromatic heterocycles. The Balaban J connectivity index is 0.933. The molecule has 2 atom stereocenters. The lowest BCUT2D eigenvalue weighted by molar-refractivity contribution is -0.384. The number of carbonyl (C=O) groups is 1. The average molecular weight is 913 g/mol. The van der Waals surface area contributed by atoms with E-state index in [4.69, 9.17) is 25.8 Å². The lowest BCUT2D eigenvalue weighted by atomic mass is 9.59. The van der Waals surface area contributed by atoms with Crippen LogP contribution in [0.2, 0.25) is 5.02 Å². The molecule has 4 aliphatic rings. The van der Waals surface area contributed by atoms with Gasteiger partial charge in [0, 0.05) is 79.2 Å². The predicted octanol–water partition coefficient (Wildman–Crippen LogP) is 8.93. The van der Waals surface area contributed by atoms with E-state index in [1.54, 1.807) is 37.4 Å². The second-order valence-electron chi connectivity index (χ2n) is 17.4. The number of nitro groups is 1. The van der Waals surface area contributed by atoms with Gasteiger partial charge in [-0.2, -0.15) is 0 Å². The largest absolute Gasteiger partial charge is 0.456 e. The molecule has 3 fully saturated rings. The Hall–Kier alpha value is -5.52. The van der Waals surface area contributed by atoms with Gasteiger partial charge in [0.15, 0.2) is 5.82 Å². The highest BCUT2D eigenvalue weighted by molar-refractivity contribution is 7.90. The summed E-state index contributed by atoms with van der Waals surface area (Å²) in [7, 11) is -4.84. The zero-order valence-electron chi connectivity index (χ0n) is 35.4. The Bertz CT molecular complexity index is 2720. The number of aromatic nitrogens is 1. The van der Waals surface area contributed by atoms with Crippen LogP contribution in [0.4, 0.5) is 21.5 Å². The van der Waals surface area contributed by atoms with Crippen molar-refractivity contribution < 1.29 is 36.7 Å². The third-order valence-corrected chi connectivity index (χ3v) is 14.6. The van der Waals surface area contributed by atoms with Crippen LogP contribution in [0.3, 0.4) is 0 Å². The van der Waals surface area contributed by atoms with E-state index in [2.05, 4.69) is 32.2 Å². The molecule has 3 heterocycles. The monoisotopic (exact) mass is 912 g/mol. The molecule has 1 saturated carbocycles. The second kappa shape index (κ2) is 18.2. The van der Waals surface area contributed by atoms with E-state index in [0.717, 1.165) is 54.1 Å². The van der Waals surface area contributed by atoms with Crippen molar-refractivity contribution in [2.24, 2.45) is 5.41 Å². The van der Waals surface area contributed by atoms with Gasteiger partial charge in [-0.3, -0.25) is 19.8 Å². The van der Waals surface area contributed by atoms with Gasteiger partial charge >= 0.3 is 0 Å². The number of hydrogen-bond donors (Lipinski definition) is 3. The normalized spacial score (nSPS) is 20.3. The van der Waals surface area contributed by atoms with Gasteiger partial charge in [-0.05, 0) is 110 Å². The zero-order valence-corrected chi connectivity index (χ0v) is 37.0. The maximum Gasteiger partial charge on any atom is 0.296 e. The molecule has 1 unspecified atom stereocenters. The molecule has 2 aliphatic carbocycles. The summed E-state index contributed by atoms with van der Waals surface area (Å²) < 4.78 is 62.4. The number of anilines is 2. The first-order chi connectivity index (χ1) is 30.8. The molecular weight excluding hydrogens is 863 g/mol. The number of ether oxygens (including phenoxy) is 3. The molecule has 3 N–H and O–H groups in total. The van der Waals surface area contributed by atoms with E-state index in [9.17, 15) is 23.3 Å². The van der Waals surface area contributed by atoms with Crippen molar-refractivity contribution in [3.8, 4) is 11.5 Å². The van der Waals surface area contributed by atoms with Crippen molar-refractivity contribution >= 4 is 61.1 Å². The van der Waals surface area contributed by atoms with Gasteiger partial charge in [0.05, 0.1) is 40.8 Å². The van der Waals surface area contributed by atoms with Crippen LogP contribution < -0.4 is 19.7 Å². The van der Waals surface area contributed by atoms with E-state index in [1.807, 2.05) is 29.0 Å². The highest BCUT2D eigenvalue weighted by Gasteiger charge is 2.41. The predicted molar refractivity (Wildman–Crippen MR) is 243 cm³/mol. The summed E-state index contributed by atoms with van der Waals surface area (Å²) in [5, 5.41) is 16.4. The number of benzene rings is 4. The van der Waals surface area contributed by atoms with Crippen LogP contribution in [0.25, 0.3) is 16.5 Å². The number of amides is 1. The number of allylic oxidation sites excluding steroid dienone is 1. The third kappa shape index (κ3) is 9.47. The number of halogens is 2. The quantitative estimate of drug-likeness (QED) is 0.0762. The van der Waals surface area contributed by atoms with Gasteiger partial charge in [-0.25, -0.2) is 17.5 Å². The molecule has 64 heavy (non-hydrogen) atoms. The lowest BCUT2D eigenvalue weighted by Gasteiger charge is -2.47. The maximum atomic E-state index is 15.5. The van der Waals surface area contributed by atoms with Crippen molar-refractivity contribution in [3.05, 3.63) is 123 Å². The van der Waals surface area contributed by atoms with Crippen molar-refractivity contribution in [1.29, 1.82) is 0 Å². The molecular formula is C47H50ClFN6O8S. The molecule has 0 bridgehead atoms. The number of H-pyrrole nitrogens is 1. The first-order valence-corrected chi connectivity index (χ1v) is 23.5. The maximum absolute atomic E-state index is 15.5. The molecule has 0 radical (unpaired) electrons. The first kappa shape index (κ1) is 43.7. The number of sulfonamides is 1. The Kier molecular flexibility index (Phi) is 12.4. The van der Waals surface area contributed by atoms with Crippen molar-refractivity contribution in [2.45, 2.75) is 62.6 Å². The summed E-state index contributed by atoms with van der Waals surface area (Å²) in [6.07, 6.45) is 8.38. The number of carbonyl (C=O) groups excluding carboxylic acids is 1. The first-order valence-electron chi connectivity index (χ1n) is 21.7. The van der Waals surface area contributed by atoms with E-state index >= 15 is 4.39 Å². The molecule has 2 saturated heterocycles. The zero-order chi connectivity index (χ0) is 44.6. The SMILES string of the molecule is CC1COC[C@H](CNc2c(F)cc(S(=O)(=O)NC(=O)c3ccc(N4CCN(CC5=C(c6ccc(Cl)cc6)CC6(CCC6)CC5)CC4)cc3Oc3ccc4[nH]ccc4c3)cc2[N+](=O)[O-])O1. The van der Waals surface area contributed by atoms with Crippen LogP contribution in [0.5, 0.6) is 11.5 Å². The molecule has 336 valence electrons. The highest BCUT2D eigenvalue weighted by atomic mass is 35.5. The molecule has 5 aromatic rings. The number of rotatable bonds is 13. The second-order valence-corrected chi connectivity index (χ2v) is 19.5. The minimum absolute atomic E-state index is 0.0266. The third-order valence-electron chi connectivity index (χ3n) is 13.0. The van der Waals surface area contributed by atoms with Crippen molar-refractivity contribution in [3.63, 3.8) is 0 Å². The van der Waals surface area contributed by atoms with Crippen LogP contribution in [0, 0.1) is 21.3 Å². The highest BCUT2D eigenvalue weighted by Crippen LogP contribution is 2.55. The Morgan fingerprint density at radius 2 is 1.81 bits per heavy atom. The molecule has 9 rings (SSSR count). The van der Waals surface area contributed by atoms with Gasteiger partial charge in [0.2, 0.25) is 0 Å². The number of hydrogen-bond acceptors (Lipinski definition) is 11. The van der Waals surface area contributed by atoms with Gasteiger partial charge in [-0.15, -0.1) is 0 Å². The summed E-state index contributed by atoms with van der Waals surface area (Å²) in [4.78, 5) is 32.2. The fourth-order valence-corrected chi connectivity index (χ4v) is 10.5. The minimum Gasteiger partial charge on any atom is -0.456 e. The topological polar surface area (TPSA) is 168 Å². The van der Waals surface area contributed by atoms with Crippen LogP contribution in [-0.2, 0) is 19.5 Å². The number of piperazine rings is 1. The lowest BCUT2D eigenvalue weighted by Crippen LogP contribution is -2.47. The van der Waals surface area contributed by atoms with Gasteiger partial charge < -0.3 is 29.4 Å². The molecule has 1 spiro atoms. The van der Waals surface area contributed by atoms with Gasteiger partial charge in [-0.1, -0.05) is 35.7 Å². The summed E-state index contributed by atoms with van der Waals surface area (Å²) in [6, 6.07) is 21.8. The molecule has 14 nitrogen and oxygen atoms in total. The molecule has 1 amide bonds. The summed E-state index contributed by atoms with van der Waals surface area (Å²) >= 11 is 6.27. The Labute approximate surface area is 375 Å². The number of fused-ring (bicyclic) bond motifs is 1. The van der Waals surface area contributed by atoms with Crippen molar-refractivity contribution in [1.82, 2.24) is 14.6 Å². The number of nitro benzene ring substituents is 1. The number of aromatic amines is 1. The minimum atomic E-state index is -4.84. The van der Waals surface area contributed by atoms with Gasteiger partial charge in [0.25, 0.3) is 21.6 Å². The summed E-state index contributed by atoms with van der Waals surface area (Å²) in [5.41, 5.74) is 4.85. The molecule has 2 aliphatic heterocycles. The number of nitrogens with zero attached hydrogens (tertiary/aromatic N) is 3. The summed E-state index contributed by atoms with van der Waals surface area (Å²) in [6.45, 7) is 6.27. The van der Waals surface area contributed by atoms with E-state index in [-0.39, 0.29) is 30.6 Å². The summed E-state index contributed by atoms with van der Waals surface area (Å²) in [5.74, 6) is -1.76. The fraction of sp³-hybridized carbons (Fsp3) is 0.383. The van der Waals surface area contributed by atoms with Crippen LogP contribution >= 0.6 is 11.6 Å². The van der Waals surface area contributed by atoms with Crippen LogP contribution in [0.1, 0.15) is 61.4 Å². The average Bonchev–Trinajstić information content (AvgIpc) is 3.74. The Morgan fingerprint density at radius 1 is 1.02 bits per heavy atom. The van der Waals surface area contributed by atoms with E-state index in [1.165, 1.54) is 48.5 Å². The smallest absolute Gasteiger partial charge is 0.296 e. The number of nitrogens with one attached hydrogen (secondary N) is 3. The Morgan fingerprint density at radius 3 is 2.55 bits per heavy atom. The fourth-order valence-electron chi connectivity index (χ4n) is 9.40. The van der Waals surface area contributed by atoms with E-state index in [0.29, 0.717) is 43.0 Å². The molecule has 4 aromatic carbocycles.